The summed E-state index contributed by atoms with van der Waals surface area (Å²) in [4.78, 5) is 10.9. The molecule has 5 nitrogen and oxygen atoms in total. The van der Waals surface area contributed by atoms with Crippen molar-refractivity contribution in [3.05, 3.63) is 18.1 Å². The molecule has 0 amide bonds. The van der Waals surface area contributed by atoms with E-state index in [1.165, 1.54) is 6.42 Å². The van der Waals surface area contributed by atoms with Gasteiger partial charge in [0.05, 0.1) is 0 Å². The fourth-order valence-electron chi connectivity index (χ4n) is 2.53. The summed E-state index contributed by atoms with van der Waals surface area (Å²) in [6.45, 7) is 7.66. The number of fused-ring (bicyclic) bond motifs is 1. The molecule has 0 bridgehead atoms. The quantitative estimate of drug-likeness (QED) is 0.749. The molecule has 2 unspecified atom stereocenters. The van der Waals surface area contributed by atoms with Crippen LogP contribution in [-0.4, -0.2) is 32.2 Å². The van der Waals surface area contributed by atoms with Crippen LogP contribution >= 0.6 is 0 Å². The zero-order valence-electron chi connectivity index (χ0n) is 10.5. The first-order chi connectivity index (χ1) is 8.16. The maximum absolute atomic E-state index is 4.37. The highest BCUT2D eigenvalue weighted by Crippen LogP contribution is 2.29. The highest BCUT2D eigenvalue weighted by molar-refractivity contribution is 5.48. The summed E-state index contributed by atoms with van der Waals surface area (Å²) in [6.07, 6.45) is 2.80. The summed E-state index contributed by atoms with van der Waals surface area (Å²) >= 11 is 0. The maximum atomic E-state index is 4.37. The van der Waals surface area contributed by atoms with E-state index in [0.717, 1.165) is 24.0 Å². The van der Waals surface area contributed by atoms with Gasteiger partial charge in [0.15, 0.2) is 0 Å². The predicted molar refractivity (Wildman–Crippen MR) is 66.1 cm³/mol. The molecule has 1 fully saturated rings. The van der Waals surface area contributed by atoms with Crippen molar-refractivity contribution in [1.82, 2.24) is 19.6 Å². The molecule has 3 rings (SSSR count). The SMILES string of the molecule is Cc1cc(N2CCC(C)C2C)n2ncnc2n1. The number of hydrogen-bond acceptors (Lipinski definition) is 4. The molecule has 17 heavy (non-hydrogen) atoms. The molecule has 0 aromatic carbocycles. The van der Waals surface area contributed by atoms with Crippen LogP contribution in [-0.2, 0) is 0 Å². The minimum Gasteiger partial charge on any atom is -0.353 e. The Balaban J connectivity index is 2.13. The molecule has 0 N–H and O–H groups in total. The van der Waals surface area contributed by atoms with Crippen molar-refractivity contribution in [2.24, 2.45) is 5.92 Å². The second-order valence-electron chi connectivity index (χ2n) is 4.93. The first-order valence-corrected chi connectivity index (χ1v) is 6.11. The maximum Gasteiger partial charge on any atom is 0.254 e. The van der Waals surface area contributed by atoms with Crippen molar-refractivity contribution in [2.75, 3.05) is 11.4 Å². The van der Waals surface area contributed by atoms with Gasteiger partial charge >= 0.3 is 0 Å². The van der Waals surface area contributed by atoms with Gasteiger partial charge in [0, 0.05) is 24.3 Å². The number of aryl methyl sites for hydroxylation is 1. The molecule has 0 saturated carbocycles. The molecule has 90 valence electrons. The third-order valence-electron chi connectivity index (χ3n) is 3.80. The Labute approximate surface area is 100 Å². The van der Waals surface area contributed by atoms with Gasteiger partial charge in [0.25, 0.3) is 5.78 Å². The summed E-state index contributed by atoms with van der Waals surface area (Å²) in [6, 6.07) is 2.64. The Morgan fingerprint density at radius 1 is 1.35 bits per heavy atom. The molecule has 2 atom stereocenters. The topological polar surface area (TPSA) is 46.3 Å². The third kappa shape index (κ3) is 1.57. The smallest absolute Gasteiger partial charge is 0.254 e. The van der Waals surface area contributed by atoms with E-state index in [0.29, 0.717) is 11.8 Å². The van der Waals surface area contributed by atoms with E-state index in [9.17, 15) is 0 Å². The van der Waals surface area contributed by atoms with Crippen molar-refractivity contribution in [3.8, 4) is 0 Å². The Morgan fingerprint density at radius 3 is 2.88 bits per heavy atom. The van der Waals surface area contributed by atoms with Crippen LogP contribution in [0.5, 0.6) is 0 Å². The summed E-state index contributed by atoms with van der Waals surface area (Å²) in [7, 11) is 0. The Bertz CT molecular complexity index is 547. The summed E-state index contributed by atoms with van der Waals surface area (Å²) in [5, 5.41) is 4.27. The van der Waals surface area contributed by atoms with E-state index in [4.69, 9.17) is 0 Å². The zero-order chi connectivity index (χ0) is 12.0. The highest BCUT2D eigenvalue weighted by Gasteiger charge is 2.29. The number of anilines is 1. The second-order valence-corrected chi connectivity index (χ2v) is 4.93. The molecular formula is C12H17N5. The van der Waals surface area contributed by atoms with E-state index in [1.807, 2.05) is 11.4 Å². The Kier molecular flexibility index (Phi) is 2.28. The second kappa shape index (κ2) is 3.68. The van der Waals surface area contributed by atoms with Crippen LogP contribution in [0.2, 0.25) is 0 Å². The highest BCUT2D eigenvalue weighted by atomic mass is 15.4. The minimum absolute atomic E-state index is 0.546. The van der Waals surface area contributed by atoms with Crippen LogP contribution in [0.4, 0.5) is 5.82 Å². The lowest BCUT2D eigenvalue weighted by molar-refractivity contribution is 0.542. The molecular weight excluding hydrogens is 214 g/mol. The largest absolute Gasteiger partial charge is 0.353 e. The van der Waals surface area contributed by atoms with Gasteiger partial charge < -0.3 is 4.90 Å². The average Bonchev–Trinajstić information content (AvgIpc) is 2.87. The molecule has 0 spiro atoms. The molecule has 1 saturated heterocycles. The summed E-state index contributed by atoms with van der Waals surface area (Å²) in [5.41, 5.74) is 0.993. The lowest BCUT2D eigenvalue weighted by Crippen LogP contribution is -2.31. The summed E-state index contributed by atoms with van der Waals surface area (Å²) in [5.74, 6) is 2.52. The van der Waals surface area contributed by atoms with Crippen molar-refractivity contribution in [2.45, 2.75) is 33.2 Å². The van der Waals surface area contributed by atoms with Crippen LogP contribution in [0.3, 0.4) is 0 Å². The molecule has 1 aliphatic rings. The fourth-order valence-corrected chi connectivity index (χ4v) is 2.53. The van der Waals surface area contributed by atoms with Crippen LogP contribution in [0.25, 0.3) is 5.78 Å². The molecule has 0 aliphatic carbocycles. The van der Waals surface area contributed by atoms with Crippen molar-refractivity contribution in [1.29, 1.82) is 0 Å². The van der Waals surface area contributed by atoms with Gasteiger partial charge in [0.2, 0.25) is 0 Å². The number of nitrogens with zero attached hydrogens (tertiary/aromatic N) is 5. The van der Waals surface area contributed by atoms with E-state index in [-0.39, 0.29) is 0 Å². The van der Waals surface area contributed by atoms with Crippen molar-refractivity contribution >= 4 is 11.6 Å². The molecule has 0 radical (unpaired) electrons. The van der Waals surface area contributed by atoms with Crippen LogP contribution in [0, 0.1) is 12.8 Å². The summed E-state index contributed by atoms with van der Waals surface area (Å²) < 4.78 is 1.83. The van der Waals surface area contributed by atoms with Gasteiger partial charge in [-0.25, -0.2) is 4.98 Å². The predicted octanol–water partition coefficient (Wildman–Crippen LogP) is 1.67. The molecule has 2 aromatic heterocycles. The van der Waals surface area contributed by atoms with Gasteiger partial charge in [-0.3, -0.25) is 0 Å². The van der Waals surface area contributed by atoms with Gasteiger partial charge in [-0.05, 0) is 26.2 Å². The third-order valence-corrected chi connectivity index (χ3v) is 3.80. The molecule has 2 aromatic rings. The van der Waals surface area contributed by atoms with E-state index < -0.39 is 0 Å². The Hall–Kier alpha value is -1.65. The molecule has 3 heterocycles. The minimum atomic E-state index is 0.546. The molecule has 5 heteroatoms. The Morgan fingerprint density at radius 2 is 2.18 bits per heavy atom. The number of rotatable bonds is 1. The monoisotopic (exact) mass is 231 g/mol. The van der Waals surface area contributed by atoms with E-state index in [1.54, 1.807) is 6.33 Å². The fraction of sp³-hybridized carbons (Fsp3) is 0.583. The molecule has 1 aliphatic heterocycles. The lowest BCUT2D eigenvalue weighted by atomic mass is 10.1. The van der Waals surface area contributed by atoms with Crippen molar-refractivity contribution in [3.63, 3.8) is 0 Å². The van der Waals surface area contributed by atoms with Crippen LogP contribution in [0.15, 0.2) is 12.4 Å². The van der Waals surface area contributed by atoms with Crippen LogP contribution in [0.1, 0.15) is 26.0 Å². The first kappa shape index (κ1) is 10.5. The van der Waals surface area contributed by atoms with Crippen LogP contribution < -0.4 is 4.90 Å². The zero-order valence-corrected chi connectivity index (χ0v) is 10.5. The average molecular weight is 231 g/mol. The van der Waals surface area contributed by atoms with E-state index >= 15 is 0 Å². The first-order valence-electron chi connectivity index (χ1n) is 6.11. The van der Waals surface area contributed by atoms with Gasteiger partial charge in [-0.15, -0.1) is 0 Å². The standard InChI is InChI=1S/C12H17N5/c1-8-4-5-16(10(8)3)11-6-9(2)15-12-13-7-14-17(11)12/h6-8,10H,4-5H2,1-3H3. The van der Waals surface area contributed by atoms with Gasteiger partial charge in [-0.2, -0.15) is 14.6 Å². The normalized spacial score (nSPS) is 24.8. The van der Waals surface area contributed by atoms with E-state index in [2.05, 4.69) is 39.9 Å². The van der Waals surface area contributed by atoms with Crippen molar-refractivity contribution < 1.29 is 0 Å². The lowest BCUT2D eigenvalue weighted by Gasteiger charge is -2.25. The van der Waals surface area contributed by atoms with Gasteiger partial charge in [0.1, 0.15) is 12.1 Å². The number of aromatic nitrogens is 4. The van der Waals surface area contributed by atoms with Gasteiger partial charge in [-0.1, -0.05) is 6.92 Å². The number of hydrogen-bond donors (Lipinski definition) is 0.